The third kappa shape index (κ3) is 11.2. The molecule has 108 valence electrons. The zero-order valence-corrected chi connectivity index (χ0v) is 14.2. The Morgan fingerprint density at radius 1 is 1.35 bits per heavy atom. The molecule has 0 saturated heterocycles. The number of esters is 1. The fourth-order valence-electron chi connectivity index (χ4n) is 1.02. The minimum atomic E-state index is -4.25. The van der Waals surface area contributed by atoms with E-state index in [-0.39, 0.29) is 60.2 Å². The standard InChI is InChI=1S/C11H16O7S.Na/c1-8(10(12)13)7-9(2)11(14)18-5-3-4-6-19(15,16)17;/h7H,2-6H2,1H3,(H,12,13)(H,15,16,17);/q;+1/p-1. The number of ether oxygens (including phenoxy) is 1. The van der Waals surface area contributed by atoms with Crippen LogP contribution in [0.4, 0.5) is 0 Å². The molecule has 9 heteroatoms. The van der Waals surface area contributed by atoms with Crippen LogP contribution in [-0.2, 0) is 24.4 Å². The summed E-state index contributed by atoms with van der Waals surface area (Å²) >= 11 is 0. The quantitative estimate of drug-likeness (QED) is 0.131. The van der Waals surface area contributed by atoms with Crippen LogP contribution in [0.25, 0.3) is 0 Å². The number of unbranched alkanes of at least 4 members (excludes halogenated alkanes) is 1. The Kier molecular flexibility index (Phi) is 10.9. The van der Waals surface area contributed by atoms with E-state index in [1.807, 2.05) is 0 Å². The first kappa shape index (κ1) is 21.6. The molecule has 0 unspecified atom stereocenters. The van der Waals surface area contributed by atoms with Crippen molar-refractivity contribution >= 4 is 22.1 Å². The molecule has 0 aliphatic rings. The number of rotatable bonds is 8. The Hall–Kier alpha value is -0.670. The number of hydrogen-bond acceptors (Lipinski definition) is 6. The van der Waals surface area contributed by atoms with Crippen molar-refractivity contribution in [3.63, 3.8) is 0 Å². The number of carbonyl (C=O) groups excluding carboxylic acids is 1. The summed E-state index contributed by atoms with van der Waals surface area (Å²) in [5, 5.41) is 8.59. The Morgan fingerprint density at radius 3 is 2.35 bits per heavy atom. The first-order valence-corrected chi connectivity index (χ1v) is 6.92. The van der Waals surface area contributed by atoms with Crippen LogP contribution in [0.3, 0.4) is 0 Å². The van der Waals surface area contributed by atoms with Crippen molar-refractivity contribution in [1.82, 2.24) is 0 Å². The van der Waals surface area contributed by atoms with Crippen LogP contribution in [0.1, 0.15) is 19.8 Å². The van der Waals surface area contributed by atoms with E-state index in [1.165, 1.54) is 6.92 Å². The van der Waals surface area contributed by atoms with Crippen molar-refractivity contribution in [2.75, 3.05) is 12.4 Å². The monoisotopic (exact) mass is 314 g/mol. The first-order valence-electron chi connectivity index (χ1n) is 5.34. The minimum Gasteiger partial charge on any atom is -0.748 e. The molecule has 0 heterocycles. The fraction of sp³-hybridized carbons (Fsp3) is 0.455. The van der Waals surface area contributed by atoms with Crippen LogP contribution in [0.15, 0.2) is 23.8 Å². The van der Waals surface area contributed by atoms with E-state index in [9.17, 15) is 22.6 Å². The van der Waals surface area contributed by atoms with Gasteiger partial charge < -0.3 is 14.4 Å². The number of aliphatic carboxylic acids is 1. The molecular weight excluding hydrogens is 299 g/mol. The van der Waals surface area contributed by atoms with Gasteiger partial charge in [-0.15, -0.1) is 0 Å². The molecular formula is C11H15NaO7S. The van der Waals surface area contributed by atoms with E-state index in [1.54, 1.807) is 0 Å². The molecule has 0 fully saturated rings. The van der Waals surface area contributed by atoms with Crippen LogP contribution in [0, 0.1) is 0 Å². The third-order valence-electron chi connectivity index (χ3n) is 2.01. The van der Waals surface area contributed by atoms with Crippen molar-refractivity contribution in [2.24, 2.45) is 0 Å². The molecule has 0 saturated carbocycles. The van der Waals surface area contributed by atoms with Crippen molar-refractivity contribution in [1.29, 1.82) is 0 Å². The Balaban J connectivity index is 0. The largest absolute Gasteiger partial charge is 1.00 e. The molecule has 0 amide bonds. The molecule has 0 aromatic heterocycles. The normalized spacial score (nSPS) is 11.4. The summed E-state index contributed by atoms with van der Waals surface area (Å²) in [6.07, 6.45) is 1.39. The summed E-state index contributed by atoms with van der Waals surface area (Å²) in [7, 11) is -4.25. The van der Waals surface area contributed by atoms with E-state index in [0.29, 0.717) is 0 Å². The summed E-state index contributed by atoms with van der Waals surface area (Å²) in [5.74, 6) is -2.47. The second-order valence-electron chi connectivity index (χ2n) is 3.76. The van der Waals surface area contributed by atoms with Crippen LogP contribution < -0.4 is 29.6 Å². The number of hydrogen-bond donors (Lipinski definition) is 1. The maximum absolute atomic E-state index is 11.3. The van der Waals surface area contributed by atoms with Gasteiger partial charge in [-0.25, -0.2) is 18.0 Å². The maximum Gasteiger partial charge on any atom is 1.00 e. The summed E-state index contributed by atoms with van der Waals surface area (Å²) < 4.78 is 35.6. The third-order valence-corrected chi connectivity index (χ3v) is 2.80. The smallest absolute Gasteiger partial charge is 0.748 e. The van der Waals surface area contributed by atoms with Gasteiger partial charge in [0.2, 0.25) is 0 Å². The molecule has 0 aliphatic heterocycles. The van der Waals surface area contributed by atoms with E-state index in [0.717, 1.165) is 6.08 Å². The van der Waals surface area contributed by atoms with Gasteiger partial charge in [-0.05, 0) is 25.8 Å². The fourth-order valence-corrected chi connectivity index (χ4v) is 1.58. The molecule has 0 atom stereocenters. The van der Waals surface area contributed by atoms with E-state index < -0.39 is 27.8 Å². The second-order valence-corrected chi connectivity index (χ2v) is 5.29. The molecule has 7 nitrogen and oxygen atoms in total. The molecule has 0 aromatic rings. The maximum atomic E-state index is 11.3. The predicted molar refractivity (Wildman–Crippen MR) is 65.3 cm³/mol. The van der Waals surface area contributed by atoms with Crippen molar-refractivity contribution < 1.29 is 62.0 Å². The van der Waals surface area contributed by atoms with E-state index in [4.69, 9.17) is 9.84 Å². The van der Waals surface area contributed by atoms with Gasteiger partial charge in [0.25, 0.3) is 0 Å². The zero-order valence-electron chi connectivity index (χ0n) is 11.4. The minimum absolute atomic E-state index is 0. The Labute approximate surface area is 139 Å². The summed E-state index contributed by atoms with van der Waals surface area (Å²) in [4.78, 5) is 21.8. The van der Waals surface area contributed by atoms with Gasteiger partial charge in [-0.1, -0.05) is 6.58 Å². The van der Waals surface area contributed by atoms with Crippen molar-refractivity contribution in [2.45, 2.75) is 19.8 Å². The average Bonchev–Trinajstić information content (AvgIpc) is 2.26. The topological polar surface area (TPSA) is 121 Å². The van der Waals surface area contributed by atoms with Crippen LogP contribution in [0.5, 0.6) is 0 Å². The molecule has 20 heavy (non-hydrogen) atoms. The van der Waals surface area contributed by atoms with Crippen LogP contribution in [-0.4, -0.2) is 42.4 Å². The first-order chi connectivity index (χ1) is 8.63. The van der Waals surface area contributed by atoms with Crippen LogP contribution >= 0.6 is 0 Å². The van der Waals surface area contributed by atoms with Gasteiger partial charge in [0.1, 0.15) is 0 Å². The number of carbonyl (C=O) groups is 2. The van der Waals surface area contributed by atoms with Gasteiger partial charge in [-0.3, -0.25) is 0 Å². The second kappa shape index (κ2) is 10.1. The van der Waals surface area contributed by atoms with E-state index >= 15 is 0 Å². The number of carboxylic acids is 1. The van der Waals surface area contributed by atoms with Crippen molar-refractivity contribution in [3.05, 3.63) is 23.8 Å². The SMILES string of the molecule is C=C(C=C(C)C(=O)O)C(=O)OCCCCS(=O)(=O)[O-].[Na+]. The Bertz CT molecular complexity index is 493. The summed E-state index contributed by atoms with van der Waals surface area (Å²) in [6.45, 7) is 4.60. The van der Waals surface area contributed by atoms with Crippen LogP contribution in [0.2, 0.25) is 0 Å². The van der Waals surface area contributed by atoms with Gasteiger partial charge in [0, 0.05) is 11.3 Å². The molecule has 0 radical (unpaired) electrons. The van der Waals surface area contributed by atoms with Gasteiger partial charge in [0.15, 0.2) is 0 Å². The molecule has 0 rings (SSSR count). The summed E-state index contributed by atoms with van der Waals surface area (Å²) in [5.41, 5.74) is -0.171. The molecule has 0 aromatic carbocycles. The van der Waals surface area contributed by atoms with E-state index in [2.05, 4.69) is 6.58 Å². The number of carboxylic acid groups (broad SMARTS) is 1. The van der Waals surface area contributed by atoms with Gasteiger partial charge in [0.05, 0.1) is 22.3 Å². The summed E-state index contributed by atoms with van der Waals surface area (Å²) in [6, 6.07) is 0. The Morgan fingerprint density at radius 2 is 1.90 bits per heavy atom. The van der Waals surface area contributed by atoms with Gasteiger partial charge in [-0.2, -0.15) is 0 Å². The van der Waals surface area contributed by atoms with Gasteiger partial charge >= 0.3 is 41.5 Å². The zero-order chi connectivity index (χ0) is 15.1. The predicted octanol–water partition coefficient (Wildman–Crippen LogP) is -2.55. The molecule has 0 spiro atoms. The molecule has 0 bridgehead atoms. The molecule has 0 aliphatic carbocycles. The molecule has 1 N–H and O–H groups in total. The average molecular weight is 314 g/mol. The van der Waals surface area contributed by atoms with Crippen molar-refractivity contribution in [3.8, 4) is 0 Å².